The molecule has 0 saturated heterocycles. The Morgan fingerprint density at radius 3 is 2.25 bits per heavy atom. The molecule has 1 aromatic carbocycles. The van der Waals surface area contributed by atoms with Gasteiger partial charge in [0.05, 0.1) is 7.11 Å². The van der Waals surface area contributed by atoms with E-state index in [9.17, 15) is 4.79 Å². The molecular weight excluding hydrogens is 249 g/mol. The Balaban J connectivity index is 2.95. The van der Waals surface area contributed by atoms with Crippen LogP contribution in [0.1, 0.15) is 18.4 Å². The molecule has 1 aromatic rings. The summed E-state index contributed by atoms with van der Waals surface area (Å²) in [5.41, 5.74) is 6.56. The Labute approximate surface area is 104 Å². The molecule has 0 bridgehead atoms. The molecule has 5 heteroatoms. The summed E-state index contributed by atoms with van der Waals surface area (Å²) in [6, 6.07) is 4.38. The molecule has 0 heterocycles. The van der Waals surface area contributed by atoms with Crippen molar-refractivity contribution in [2.45, 2.75) is 18.9 Å². The predicted molar refractivity (Wildman–Crippen MR) is 64.9 cm³/mol. The lowest BCUT2D eigenvalue weighted by Gasteiger charge is -2.18. The van der Waals surface area contributed by atoms with E-state index in [0.29, 0.717) is 10.0 Å². The average molecular weight is 262 g/mol. The molecule has 2 N–H and O–H groups in total. The number of hydrogen-bond acceptors (Lipinski definition) is 3. The second-order valence-corrected chi connectivity index (χ2v) is 4.41. The van der Waals surface area contributed by atoms with E-state index in [1.54, 1.807) is 18.2 Å². The van der Waals surface area contributed by atoms with Crippen molar-refractivity contribution in [3.8, 4) is 0 Å². The van der Waals surface area contributed by atoms with Gasteiger partial charge in [-0.15, -0.1) is 0 Å². The lowest BCUT2D eigenvalue weighted by Crippen LogP contribution is -2.36. The summed E-state index contributed by atoms with van der Waals surface area (Å²) >= 11 is 11.7. The number of benzene rings is 1. The molecule has 2 unspecified atom stereocenters. The third-order valence-corrected chi connectivity index (χ3v) is 2.86. The molecule has 0 aliphatic rings. The van der Waals surface area contributed by atoms with E-state index in [2.05, 4.69) is 4.74 Å². The zero-order valence-corrected chi connectivity index (χ0v) is 10.5. The van der Waals surface area contributed by atoms with Crippen LogP contribution < -0.4 is 5.73 Å². The number of methoxy groups -OCH3 is 1. The number of nitrogens with two attached hydrogens (primary N) is 1. The van der Waals surface area contributed by atoms with Crippen molar-refractivity contribution in [2.75, 3.05) is 7.11 Å². The number of carbonyl (C=O) groups excluding carboxylic acids is 1. The van der Waals surface area contributed by atoms with E-state index < -0.39 is 12.0 Å². The van der Waals surface area contributed by atoms with Gasteiger partial charge in [-0.2, -0.15) is 0 Å². The van der Waals surface area contributed by atoms with E-state index >= 15 is 0 Å². The summed E-state index contributed by atoms with van der Waals surface area (Å²) in [7, 11) is 1.31. The van der Waals surface area contributed by atoms with Gasteiger partial charge in [-0.3, -0.25) is 4.79 Å². The normalized spacial score (nSPS) is 14.3. The van der Waals surface area contributed by atoms with Crippen LogP contribution in [-0.2, 0) is 9.53 Å². The molecule has 0 amide bonds. The molecule has 0 aliphatic carbocycles. The van der Waals surface area contributed by atoms with Crippen molar-refractivity contribution >= 4 is 29.2 Å². The smallest absolute Gasteiger partial charge is 0.323 e. The Bertz CT molecular complexity index is 375. The first-order valence-electron chi connectivity index (χ1n) is 4.75. The molecule has 0 radical (unpaired) electrons. The van der Waals surface area contributed by atoms with Crippen molar-refractivity contribution in [1.82, 2.24) is 0 Å². The molecule has 1 rings (SSSR count). The largest absolute Gasteiger partial charge is 0.468 e. The summed E-state index contributed by atoms with van der Waals surface area (Å²) in [5, 5.41) is 1.04. The van der Waals surface area contributed by atoms with E-state index in [1.165, 1.54) is 7.11 Å². The van der Waals surface area contributed by atoms with Gasteiger partial charge in [0.2, 0.25) is 0 Å². The van der Waals surface area contributed by atoms with Gasteiger partial charge >= 0.3 is 5.97 Å². The highest BCUT2D eigenvalue weighted by molar-refractivity contribution is 6.34. The van der Waals surface area contributed by atoms with Crippen LogP contribution in [-0.4, -0.2) is 19.1 Å². The monoisotopic (exact) mass is 261 g/mol. The highest BCUT2D eigenvalue weighted by atomic mass is 35.5. The molecule has 0 aliphatic heterocycles. The fraction of sp³-hybridized carbons (Fsp3) is 0.364. The van der Waals surface area contributed by atoms with E-state index in [1.807, 2.05) is 6.92 Å². The molecule has 0 aromatic heterocycles. The quantitative estimate of drug-likeness (QED) is 0.852. The third-order valence-electron chi connectivity index (χ3n) is 2.42. The van der Waals surface area contributed by atoms with Crippen LogP contribution in [0.5, 0.6) is 0 Å². The van der Waals surface area contributed by atoms with Crippen LogP contribution >= 0.6 is 23.2 Å². The standard InChI is InChI=1S/C11H13Cl2NO2/c1-6(10(14)11(15)16-2)7-3-8(12)5-9(13)4-7/h3-6,10H,14H2,1-2H3. The molecule has 0 saturated carbocycles. The van der Waals surface area contributed by atoms with Gasteiger partial charge in [-0.25, -0.2) is 0 Å². The Kier molecular flexibility index (Phi) is 4.59. The van der Waals surface area contributed by atoms with Gasteiger partial charge in [-0.1, -0.05) is 30.1 Å². The first kappa shape index (κ1) is 13.3. The Hall–Kier alpha value is -0.770. The van der Waals surface area contributed by atoms with E-state index in [-0.39, 0.29) is 5.92 Å². The number of halogens is 2. The maximum atomic E-state index is 11.3. The number of hydrogen-bond donors (Lipinski definition) is 1. The summed E-state index contributed by atoms with van der Waals surface area (Å²) < 4.78 is 4.59. The highest BCUT2D eigenvalue weighted by Gasteiger charge is 2.23. The molecular formula is C11H13Cl2NO2. The topological polar surface area (TPSA) is 52.3 Å². The first-order valence-corrected chi connectivity index (χ1v) is 5.50. The molecule has 2 atom stereocenters. The van der Waals surface area contributed by atoms with Gasteiger partial charge in [-0.05, 0) is 23.8 Å². The van der Waals surface area contributed by atoms with E-state index in [0.717, 1.165) is 5.56 Å². The number of esters is 1. The number of rotatable bonds is 3. The van der Waals surface area contributed by atoms with Gasteiger partial charge in [0.25, 0.3) is 0 Å². The Morgan fingerprint density at radius 1 is 1.31 bits per heavy atom. The van der Waals surface area contributed by atoms with Crippen molar-refractivity contribution in [3.05, 3.63) is 33.8 Å². The van der Waals surface area contributed by atoms with Gasteiger partial charge in [0.15, 0.2) is 0 Å². The summed E-state index contributed by atoms with van der Waals surface area (Å²) in [4.78, 5) is 11.3. The molecule has 3 nitrogen and oxygen atoms in total. The number of carbonyl (C=O) groups is 1. The van der Waals surface area contributed by atoms with E-state index in [4.69, 9.17) is 28.9 Å². The van der Waals surface area contributed by atoms with Crippen LogP contribution in [0.2, 0.25) is 10.0 Å². The molecule has 16 heavy (non-hydrogen) atoms. The minimum Gasteiger partial charge on any atom is -0.468 e. The third kappa shape index (κ3) is 3.11. The maximum Gasteiger partial charge on any atom is 0.323 e. The van der Waals surface area contributed by atoms with Crippen LogP contribution in [0.15, 0.2) is 18.2 Å². The number of ether oxygens (including phenoxy) is 1. The summed E-state index contributed by atoms with van der Waals surface area (Å²) in [5.74, 6) is -0.660. The highest BCUT2D eigenvalue weighted by Crippen LogP contribution is 2.26. The summed E-state index contributed by atoms with van der Waals surface area (Å²) in [6.07, 6.45) is 0. The second-order valence-electron chi connectivity index (χ2n) is 3.54. The van der Waals surface area contributed by atoms with Crippen molar-refractivity contribution < 1.29 is 9.53 Å². The summed E-state index contributed by atoms with van der Waals surface area (Å²) in [6.45, 7) is 1.82. The van der Waals surface area contributed by atoms with Crippen LogP contribution in [0.25, 0.3) is 0 Å². The average Bonchev–Trinajstić information content (AvgIpc) is 2.24. The van der Waals surface area contributed by atoms with Crippen molar-refractivity contribution in [1.29, 1.82) is 0 Å². The van der Waals surface area contributed by atoms with Crippen molar-refractivity contribution in [2.24, 2.45) is 5.73 Å². The van der Waals surface area contributed by atoms with Gasteiger partial charge in [0, 0.05) is 16.0 Å². The SMILES string of the molecule is COC(=O)C(N)C(C)c1cc(Cl)cc(Cl)c1. The Morgan fingerprint density at radius 2 is 1.81 bits per heavy atom. The fourth-order valence-corrected chi connectivity index (χ4v) is 1.93. The lowest BCUT2D eigenvalue weighted by atomic mass is 9.94. The molecule has 0 fully saturated rings. The second kappa shape index (κ2) is 5.53. The lowest BCUT2D eigenvalue weighted by molar-refractivity contribution is -0.142. The zero-order chi connectivity index (χ0) is 12.3. The van der Waals surface area contributed by atoms with Crippen molar-refractivity contribution in [3.63, 3.8) is 0 Å². The fourth-order valence-electron chi connectivity index (χ4n) is 1.39. The van der Waals surface area contributed by atoms with Crippen LogP contribution in [0, 0.1) is 0 Å². The minimum absolute atomic E-state index is 0.205. The van der Waals surface area contributed by atoms with Gasteiger partial charge < -0.3 is 10.5 Å². The maximum absolute atomic E-state index is 11.3. The van der Waals surface area contributed by atoms with Crippen LogP contribution in [0.3, 0.4) is 0 Å². The molecule has 88 valence electrons. The van der Waals surface area contributed by atoms with Gasteiger partial charge in [0.1, 0.15) is 6.04 Å². The first-order chi connectivity index (χ1) is 7.45. The minimum atomic E-state index is -0.723. The predicted octanol–water partition coefficient (Wildman–Crippen LogP) is 2.60. The molecule has 0 spiro atoms. The van der Waals surface area contributed by atoms with Crippen LogP contribution in [0.4, 0.5) is 0 Å². The zero-order valence-electron chi connectivity index (χ0n) is 9.04.